The molecule has 1 aromatic heterocycles. The van der Waals surface area contributed by atoms with E-state index in [4.69, 9.17) is 0 Å². The average molecular weight is 264 g/mol. The van der Waals surface area contributed by atoms with Gasteiger partial charge in [-0.05, 0) is 25.7 Å². The van der Waals surface area contributed by atoms with Gasteiger partial charge in [-0.2, -0.15) is 0 Å². The number of hydrogen-bond donors (Lipinski definition) is 0. The van der Waals surface area contributed by atoms with Crippen LogP contribution in [0.4, 0.5) is 0 Å². The second kappa shape index (κ2) is 4.88. The second-order valence-corrected chi connectivity index (χ2v) is 7.12. The Morgan fingerprint density at radius 3 is 2.56 bits per heavy atom. The van der Waals surface area contributed by atoms with Crippen LogP contribution in [0, 0.1) is 5.92 Å². The van der Waals surface area contributed by atoms with Crippen molar-refractivity contribution in [2.75, 3.05) is 0 Å². The predicted octanol–water partition coefficient (Wildman–Crippen LogP) is 1.74. The summed E-state index contributed by atoms with van der Waals surface area (Å²) in [5, 5.41) is 0.450. The molecule has 96 valence electrons. The van der Waals surface area contributed by atoms with Crippen molar-refractivity contribution < 1.29 is 9.00 Å². The third-order valence-corrected chi connectivity index (χ3v) is 6.16. The molecule has 0 aliphatic carbocycles. The summed E-state index contributed by atoms with van der Waals surface area (Å²) in [6.45, 7) is 0. The largest absolute Gasteiger partial charge is 0.292 e. The molecule has 0 aromatic carbocycles. The van der Waals surface area contributed by atoms with E-state index >= 15 is 0 Å². The van der Waals surface area contributed by atoms with Crippen LogP contribution in [0.25, 0.3) is 0 Å². The molecule has 4 nitrogen and oxygen atoms in total. The standard InChI is InChI=1S/C13H16N2O2S/c16-13(12-8-14-4-5-15-12)9-6-10-2-1-3-11(7-9)18(10)17/h4-5,8-11H,1-3,6-7H2. The molecule has 0 spiro atoms. The number of aromatic nitrogens is 2. The van der Waals surface area contributed by atoms with Crippen molar-refractivity contribution in [3.8, 4) is 0 Å². The maximum absolute atomic E-state index is 12.3. The highest BCUT2D eigenvalue weighted by Gasteiger charge is 2.40. The van der Waals surface area contributed by atoms with E-state index in [1.54, 1.807) is 12.4 Å². The van der Waals surface area contributed by atoms with Crippen LogP contribution in [-0.2, 0) is 10.8 Å². The number of nitrogens with zero attached hydrogens (tertiary/aromatic N) is 2. The Balaban J connectivity index is 1.78. The molecule has 0 radical (unpaired) electrons. The molecule has 0 N–H and O–H groups in total. The van der Waals surface area contributed by atoms with Crippen LogP contribution in [0.5, 0.6) is 0 Å². The Labute approximate surface area is 109 Å². The molecule has 1 aromatic rings. The molecular formula is C13H16N2O2S. The second-order valence-electron chi connectivity index (χ2n) is 5.13. The summed E-state index contributed by atoms with van der Waals surface area (Å²) in [7, 11) is -0.718. The minimum absolute atomic E-state index is 0.00491. The van der Waals surface area contributed by atoms with Gasteiger partial charge in [0.15, 0.2) is 5.78 Å². The lowest BCUT2D eigenvalue weighted by Gasteiger charge is -2.37. The van der Waals surface area contributed by atoms with Gasteiger partial charge < -0.3 is 0 Å². The molecule has 3 heterocycles. The van der Waals surface area contributed by atoms with Crippen LogP contribution < -0.4 is 0 Å². The van der Waals surface area contributed by atoms with Crippen LogP contribution in [0.1, 0.15) is 42.6 Å². The number of carbonyl (C=O) groups excluding carboxylic acids is 1. The summed E-state index contributed by atoms with van der Waals surface area (Å²) in [6, 6.07) is 0. The monoisotopic (exact) mass is 264 g/mol. The first-order valence-corrected chi connectivity index (χ1v) is 7.73. The molecule has 18 heavy (non-hydrogen) atoms. The lowest BCUT2D eigenvalue weighted by molar-refractivity contribution is 0.0889. The zero-order chi connectivity index (χ0) is 12.5. The summed E-state index contributed by atoms with van der Waals surface area (Å²) >= 11 is 0. The third-order valence-electron chi connectivity index (χ3n) is 3.99. The fraction of sp³-hybridized carbons (Fsp3) is 0.615. The first-order chi connectivity index (χ1) is 8.75. The van der Waals surface area contributed by atoms with Gasteiger partial charge >= 0.3 is 0 Å². The van der Waals surface area contributed by atoms with Crippen LogP contribution in [0.3, 0.4) is 0 Å². The first-order valence-electron chi connectivity index (χ1n) is 6.45. The Morgan fingerprint density at radius 2 is 1.94 bits per heavy atom. The Morgan fingerprint density at radius 1 is 1.22 bits per heavy atom. The minimum Gasteiger partial charge on any atom is -0.292 e. The van der Waals surface area contributed by atoms with E-state index in [9.17, 15) is 9.00 Å². The molecular weight excluding hydrogens is 248 g/mol. The van der Waals surface area contributed by atoms with Crippen molar-refractivity contribution in [3.05, 3.63) is 24.3 Å². The number of carbonyl (C=O) groups is 1. The van der Waals surface area contributed by atoms with Crippen molar-refractivity contribution in [3.63, 3.8) is 0 Å². The zero-order valence-corrected chi connectivity index (χ0v) is 10.9. The predicted molar refractivity (Wildman–Crippen MR) is 68.7 cm³/mol. The van der Waals surface area contributed by atoms with Gasteiger partial charge in [0.2, 0.25) is 0 Å². The molecule has 2 fully saturated rings. The molecule has 2 unspecified atom stereocenters. The van der Waals surface area contributed by atoms with E-state index in [1.807, 2.05) is 0 Å². The SMILES string of the molecule is O=C(c1cnccn1)C1CC2CCCC(C1)S2=O. The fourth-order valence-corrected chi connectivity index (χ4v) is 5.27. The number of fused-ring (bicyclic) bond motifs is 2. The van der Waals surface area contributed by atoms with Crippen molar-refractivity contribution >= 4 is 16.6 Å². The van der Waals surface area contributed by atoms with E-state index in [2.05, 4.69) is 9.97 Å². The Bertz CT molecular complexity index is 461. The molecule has 3 rings (SSSR count). The van der Waals surface area contributed by atoms with E-state index in [1.165, 1.54) is 6.20 Å². The summed E-state index contributed by atoms with van der Waals surface area (Å²) in [4.78, 5) is 20.4. The topological polar surface area (TPSA) is 59.9 Å². The number of rotatable bonds is 2. The van der Waals surface area contributed by atoms with Crippen LogP contribution in [-0.4, -0.2) is 30.5 Å². The minimum atomic E-state index is -0.718. The van der Waals surface area contributed by atoms with Gasteiger partial charge in [-0.3, -0.25) is 14.0 Å². The molecule has 2 bridgehead atoms. The summed E-state index contributed by atoms with van der Waals surface area (Å²) in [5.41, 5.74) is 0.452. The van der Waals surface area contributed by atoms with Gasteiger partial charge in [0.25, 0.3) is 0 Å². The number of hydrogen-bond acceptors (Lipinski definition) is 4. The van der Waals surface area contributed by atoms with Crippen molar-refractivity contribution in [2.45, 2.75) is 42.6 Å². The zero-order valence-electron chi connectivity index (χ0n) is 10.1. The van der Waals surface area contributed by atoms with Crippen LogP contribution in [0.15, 0.2) is 18.6 Å². The molecule has 0 amide bonds. The maximum Gasteiger partial charge on any atom is 0.185 e. The van der Waals surface area contributed by atoms with Crippen molar-refractivity contribution in [1.29, 1.82) is 0 Å². The first kappa shape index (κ1) is 12.0. The van der Waals surface area contributed by atoms with Crippen molar-refractivity contribution in [2.24, 2.45) is 5.92 Å². The molecule has 2 atom stereocenters. The van der Waals surface area contributed by atoms with Crippen molar-refractivity contribution in [1.82, 2.24) is 9.97 Å². The normalized spacial score (nSPS) is 35.1. The van der Waals surface area contributed by atoms with Gasteiger partial charge in [0.1, 0.15) is 5.69 Å². The lowest BCUT2D eigenvalue weighted by atomic mass is 9.86. The summed E-state index contributed by atoms with van der Waals surface area (Å²) in [5.74, 6) is 0.0754. The third kappa shape index (κ3) is 2.11. The molecule has 5 heteroatoms. The van der Waals surface area contributed by atoms with E-state index in [0.29, 0.717) is 5.69 Å². The highest BCUT2D eigenvalue weighted by molar-refractivity contribution is 7.86. The van der Waals surface area contributed by atoms with Gasteiger partial charge in [0, 0.05) is 39.6 Å². The van der Waals surface area contributed by atoms with Crippen LogP contribution in [0.2, 0.25) is 0 Å². The number of Topliss-reactive ketones (excluding diaryl/α,β-unsaturated/α-hetero) is 1. The maximum atomic E-state index is 12.3. The fourth-order valence-electron chi connectivity index (χ4n) is 3.08. The smallest absolute Gasteiger partial charge is 0.185 e. The van der Waals surface area contributed by atoms with E-state index < -0.39 is 10.8 Å². The van der Waals surface area contributed by atoms with Crippen LogP contribution >= 0.6 is 0 Å². The Hall–Kier alpha value is -1.10. The molecule has 2 aliphatic heterocycles. The highest BCUT2D eigenvalue weighted by atomic mass is 32.2. The Kier molecular flexibility index (Phi) is 3.24. The molecule has 2 saturated heterocycles. The summed E-state index contributed by atoms with van der Waals surface area (Å²) < 4.78 is 12.1. The number of ketones is 1. The van der Waals surface area contributed by atoms with E-state index in [-0.39, 0.29) is 22.2 Å². The molecule has 0 saturated carbocycles. The van der Waals surface area contributed by atoms with E-state index in [0.717, 1.165) is 32.1 Å². The van der Waals surface area contributed by atoms with Gasteiger partial charge in [-0.1, -0.05) is 6.42 Å². The lowest BCUT2D eigenvalue weighted by Crippen LogP contribution is -2.41. The van der Waals surface area contributed by atoms with Gasteiger partial charge in [0.05, 0.1) is 6.20 Å². The average Bonchev–Trinajstić information content (AvgIpc) is 2.38. The quantitative estimate of drug-likeness (QED) is 0.763. The van der Waals surface area contributed by atoms with Gasteiger partial charge in [-0.25, -0.2) is 4.98 Å². The van der Waals surface area contributed by atoms with Gasteiger partial charge in [-0.15, -0.1) is 0 Å². The summed E-state index contributed by atoms with van der Waals surface area (Å²) in [6.07, 6.45) is 9.35. The highest BCUT2D eigenvalue weighted by Crippen LogP contribution is 2.37. The molecule has 2 aliphatic rings.